The first-order valence-electron chi connectivity index (χ1n) is 9.27. The van der Waals surface area contributed by atoms with E-state index in [1.807, 2.05) is 43.3 Å². The molecular weight excluding hydrogens is 354 g/mol. The monoisotopic (exact) mass is 375 g/mol. The Morgan fingerprint density at radius 1 is 1.14 bits per heavy atom. The van der Waals surface area contributed by atoms with Gasteiger partial charge in [0.2, 0.25) is 0 Å². The number of hydrogen-bond acceptors (Lipinski definition) is 5. The van der Waals surface area contributed by atoms with E-state index < -0.39 is 11.9 Å². The summed E-state index contributed by atoms with van der Waals surface area (Å²) in [5.41, 5.74) is 2.99. The number of carbonyl (C=O) groups excluding carboxylic acids is 2. The number of nitrogens with one attached hydrogen (secondary N) is 2. The molecule has 2 atom stereocenters. The maximum atomic E-state index is 13.6. The van der Waals surface area contributed by atoms with Crippen molar-refractivity contribution in [3.63, 3.8) is 0 Å². The first-order chi connectivity index (χ1) is 13.6. The van der Waals surface area contributed by atoms with E-state index in [-0.39, 0.29) is 24.0 Å². The van der Waals surface area contributed by atoms with Crippen molar-refractivity contribution in [1.82, 2.24) is 9.97 Å². The number of hydrogen-bond donors (Lipinski definition) is 2. The van der Waals surface area contributed by atoms with Gasteiger partial charge in [-0.3, -0.25) is 4.79 Å². The third-order valence-electron chi connectivity index (χ3n) is 4.95. The Bertz CT molecular complexity index is 1030. The molecule has 3 aromatic rings. The maximum Gasteiger partial charge on any atom is 0.338 e. The lowest BCUT2D eigenvalue weighted by Crippen LogP contribution is -2.33. The number of esters is 1. The topological polar surface area (TPSA) is 84.1 Å². The van der Waals surface area contributed by atoms with Crippen LogP contribution in [0.25, 0.3) is 0 Å². The first kappa shape index (κ1) is 18.0. The normalized spacial score (nSPS) is 18.3. The van der Waals surface area contributed by atoms with E-state index in [2.05, 4.69) is 15.3 Å². The summed E-state index contributed by atoms with van der Waals surface area (Å²) >= 11 is 0. The summed E-state index contributed by atoms with van der Waals surface area (Å²) in [6.45, 7) is 3.84. The molecule has 1 aliphatic rings. The molecule has 0 radical (unpaired) electrons. The highest BCUT2D eigenvalue weighted by molar-refractivity contribution is 6.14. The predicted octanol–water partition coefficient (Wildman–Crippen LogP) is 4.03. The van der Waals surface area contributed by atoms with Crippen molar-refractivity contribution in [2.45, 2.75) is 25.8 Å². The molecule has 0 aliphatic carbocycles. The minimum Gasteiger partial charge on any atom is -0.462 e. The van der Waals surface area contributed by atoms with Gasteiger partial charge in [0.05, 0.1) is 29.7 Å². The average molecular weight is 375 g/mol. The second-order valence-electron chi connectivity index (χ2n) is 6.75. The van der Waals surface area contributed by atoms with E-state index in [0.717, 1.165) is 11.4 Å². The number of benzene rings is 2. The second-order valence-corrected chi connectivity index (χ2v) is 6.75. The molecule has 28 heavy (non-hydrogen) atoms. The average Bonchev–Trinajstić information content (AvgIpc) is 3.14. The predicted molar refractivity (Wildman–Crippen MR) is 106 cm³/mol. The second kappa shape index (κ2) is 7.31. The Hall–Kier alpha value is -3.41. The highest BCUT2D eigenvalue weighted by Crippen LogP contribution is 2.43. The first-order valence-corrected chi connectivity index (χ1v) is 9.27. The molecule has 6 nitrogen and oxygen atoms in total. The van der Waals surface area contributed by atoms with Crippen molar-refractivity contribution in [2.75, 3.05) is 11.9 Å². The van der Waals surface area contributed by atoms with Gasteiger partial charge in [-0.05, 0) is 31.5 Å². The van der Waals surface area contributed by atoms with E-state index in [0.29, 0.717) is 16.9 Å². The smallest absolute Gasteiger partial charge is 0.338 e. The number of fused-ring (bicyclic) bond motifs is 1. The van der Waals surface area contributed by atoms with E-state index in [1.165, 1.54) is 0 Å². The third-order valence-corrected chi connectivity index (χ3v) is 4.95. The van der Waals surface area contributed by atoms with Crippen molar-refractivity contribution in [2.24, 2.45) is 0 Å². The van der Waals surface area contributed by atoms with Crippen LogP contribution in [-0.2, 0) is 4.74 Å². The summed E-state index contributed by atoms with van der Waals surface area (Å²) in [5.74, 6) is -0.423. The van der Waals surface area contributed by atoms with Gasteiger partial charge < -0.3 is 15.0 Å². The van der Waals surface area contributed by atoms with Gasteiger partial charge in [-0.15, -0.1) is 0 Å². The molecule has 2 unspecified atom stereocenters. The molecule has 2 heterocycles. The fraction of sp³-hybridized carbons (Fsp3) is 0.227. The van der Waals surface area contributed by atoms with Crippen molar-refractivity contribution in [3.05, 3.63) is 82.9 Å². The van der Waals surface area contributed by atoms with Gasteiger partial charge in [0.15, 0.2) is 5.78 Å². The number of Topliss-reactive ketones (excluding diaryl/α,β-unsaturated/α-hetero) is 1. The fourth-order valence-corrected chi connectivity index (χ4v) is 3.73. The number of aromatic amines is 1. The quantitative estimate of drug-likeness (QED) is 0.673. The van der Waals surface area contributed by atoms with E-state index >= 15 is 0 Å². The van der Waals surface area contributed by atoms with Gasteiger partial charge in [-0.2, -0.15) is 0 Å². The zero-order valence-electron chi connectivity index (χ0n) is 15.7. The standard InChI is InChI=1S/C22H21N3O3/c1-3-28-22(27)15-10-7-11-16-18(15)21(26)19(17-12-23-13(2)24-17)20(25-16)14-8-5-4-6-9-14/h4-12,19-20,25H,3H2,1-2H3,(H,23,24). The number of rotatable bonds is 4. The van der Waals surface area contributed by atoms with Crippen LogP contribution in [0.15, 0.2) is 54.7 Å². The summed E-state index contributed by atoms with van der Waals surface area (Å²) in [7, 11) is 0. The fourth-order valence-electron chi connectivity index (χ4n) is 3.73. The number of carbonyl (C=O) groups is 2. The van der Waals surface area contributed by atoms with Crippen LogP contribution in [0.2, 0.25) is 0 Å². The van der Waals surface area contributed by atoms with Crippen molar-refractivity contribution < 1.29 is 14.3 Å². The number of nitrogens with zero attached hydrogens (tertiary/aromatic N) is 1. The van der Waals surface area contributed by atoms with Crippen LogP contribution < -0.4 is 5.32 Å². The molecule has 0 bridgehead atoms. The molecule has 2 aromatic carbocycles. The minimum absolute atomic E-state index is 0.130. The van der Waals surface area contributed by atoms with Crippen LogP contribution in [0.5, 0.6) is 0 Å². The molecule has 0 amide bonds. The van der Waals surface area contributed by atoms with Crippen molar-refractivity contribution in [1.29, 1.82) is 0 Å². The summed E-state index contributed by atoms with van der Waals surface area (Å²) < 4.78 is 5.16. The highest BCUT2D eigenvalue weighted by Gasteiger charge is 2.40. The Morgan fingerprint density at radius 2 is 1.93 bits per heavy atom. The van der Waals surface area contributed by atoms with E-state index in [9.17, 15) is 9.59 Å². The molecular formula is C22H21N3O3. The minimum atomic E-state index is -0.535. The van der Waals surface area contributed by atoms with Gasteiger partial charge >= 0.3 is 5.97 Å². The summed E-state index contributed by atoms with van der Waals surface area (Å²) in [6.07, 6.45) is 1.69. The van der Waals surface area contributed by atoms with Crippen LogP contribution in [0, 0.1) is 6.92 Å². The molecule has 2 N–H and O–H groups in total. The van der Waals surface area contributed by atoms with Gasteiger partial charge in [-0.25, -0.2) is 9.78 Å². The molecule has 142 valence electrons. The number of ketones is 1. The van der Waals surface area contributed by atoms with Gasteiger partial charge in [0.1, 0.15) is 5.82 Å². The summed E-state index contributed by atoms with van der Waals surface area (Å²) in [6, 6.07) is 14.7. The van der Waals surface area contributed by atoms with Gasteiger partial charge in [-0.1, -0.05) is 36.4 Å². The largest absolute Gasteiger partial charge is 0.462 e. The molecule has 1 aromatic heterocycles. The van der Waals surface area contributed by atoms with Crippen molar-refractivity contribution >= 4 is 17.4 Å². The van der Waals surface area contributed by atoms with Crippen molar-refractivity contribution in [3.8, 4) is 0 Å². The molecule has 6 heteroatoms. The van der Waals surface area contributed by atoms with Crippen LogP contribution in [0.4, 0.5) is 5.69 Å². The third kappa shape index (κ3) is 3.07. The molecule has 1 aliphatic heterocycles. The Labute approximate surface area is 163 Å². The highest BCUT2D eigenvalue weighted by atomic mass is 16.5. The SMILES string of the molecule is CCOC(=O)c1cccc2c1C(=O)C(c1cnc(C)[nH]1)C(c1ccccc1)N2. The Morgan fingerprint density at radius 3 is 2.61 bits per heavy atom. The van der Waals surface area contributed by atoms with Gasteiger partial charge in [0.25, 0.3) is 0 Å². The Balaban J connectivity index is 1.87. The number of imidazole rings is 1. The Kier molecular flexibility index (Phi) is 4.69. The molecule has 0 saturated heterocycles. The summed E-state index contributed by atoms with van der Waals surface area (Å²) in [5, 5.41) is 3.46. The number of anilines is 1. The lowest BCUT2D eigenvalue weighted by atomic mass is 9.79. The lowest BCUT2D eigenvalue weighted by Gasteiger charge is -2.34. The van der Waals surface area contributed by atoms with E-state index in [4.69, 9.17) is 4.74 Å². The number of H-pyrrole nitrogens is 1. The zero-order chi connectivity index (χ0) is 19.7. The van der Waals surface area contributed by atoms with Gasteiger partial charge in [0, 0.05) is 17.6 Å². The number of aryl methyl sites for hydroxylation is 1. The summed E-state index contributed by atoms with van der Waals surface area (Å²) in [4.78, 5) is 33.5. The molecule has 0 fully saturated rings. The molecule has 4 rings (SSSR count). The molecule has 0 saturated carbocycles. The van der Waals surface area contributed by atoms with E-state index in [1.54, 1.807) is 25.3 Å². The zero-order valence-corrected chi connectivity index (χ0v) is 15.7. The van der Waals surface area contributed by atoms with Crippen LogP contribution >= 0.6 is 0 Å². The molecule has 0 spiro atoms. The lowest BCUT2D eigenvalue weighted by molar-refractivity contribution is 0.0522. The van der Waals surface area contributed by atoms with Crippen LogP contribution in [0.1, 0.15) is 56.7 Å². The van der Waals surface area contributed by atoms with Crippen LogP contribution in [-0.4, -0.2) is 28.3 Å². The number of ether oxygens (including phenoxy) is 1. The van der Waals surface area contributed by atoms with Crippen LogP contribution in [0.3, 0.4) is 0 Å². The number of aromatic nitrogens is 2. The maximum absolute atomic E-state index is 13.6.